The van der Waals surface area contributed by atoms with E-state index in [9.17, 15) is 14.0 Å². The number of thioether (sulfide) groups is 1. The van der Waals surface area contributed by atoms with Gasteiger partial charge in [0, 0.05) is 37.0 Å². The van der Waals surface area contributed by atoms with Gasteiger partial charge in [-0.2, -0.15) is 0 Å². The van der Waals surface area contributed by atoms with Crippen molar-refractivity contribution in [3.63, 3.8) is 0 Å². The van der Waals surface area contributed by atoms with E-state index in [0.29, 0.717) is 30.3 Å². The third-order valence-corrected chi connectivity index (χ3v) is 8.17. The summed E-state index contributed by atoms with van der Waals surface area (Å²) in [6.45, 7) is 2.19. The molecule has 204 valence electrons. The number of carbonyl (C=O) groups is 2. The summed E-state index contributed by atoms with van der Waals surface area (Å²) in [5.74, 6) is -0.155. The summed E-state index contributed by atoms with van der Waals surface area (Å²) in [4.78, 5) is 31.9. The quantitative estimate of drug-likeness (QED) is 0.277. The Morgan fingerprint density at radius 1 is 1.18 bits per heavy atom. The maximum absolute atomic E-state index is 15.0. The number of nitrogens with one attached hydrogen (secondary N) is 3. The largest absolute Gasteiger partial charge is 0.453 e. The number of fused-ring (bicyclic) bond motifs is 1. The van der Waals surface area contributed by atoms with Gasteiger partial charge >= 0.3 is 0 Å². The number of pyridine rings is 1. The van der Waals surface area contributed by atoms with E-state index in [2.05, 4.69) is 20.9 Å². The van der Waals surface area contributed by atoms with Crippen molar-refractivity contribution in [2.24, 2.45) is 5.92 Å². The Morgan fingerprint density at radius 2 is 2.00 bits per heavy atom. The highest BCUT2D eigenvalue weighted by Crippen LogP contribution is 2.43. The molecule has 0 spiro atoms. The number of carbonyl (C=O) groups excluding carboxylic acids is 2. The van der Waals surface area contributed by atoms with Crippen LogP contribution in [-0.2, 0) is 22.4 Å². The van der Waals surface area contributed by atoms with Crippen molar-refractivity contribution in [1.82, 2.24) is 20.4 Å². The van der Waals surface area contributed by atoms with Gasteiger partial charge in [-0.25, -0.2) is 4.39 Å². The van der Waals surface area contributed by atoms with E-state index in [-0.39, 0.29) is 34.3 Å². The summed E-state index contributed by atoms with van der Waals surface area (Å²) < 4.78 is 20.9. The Bertz CT molecular complexity index is 1410. The number of rotatable bonds is 8. The Morgan fingerprint density at radius 3 is 2.75 bits per heavy atom. The van der Waals surface area contributed by atoms with Gasteiger partial charge in [0.25, 0.3) is 0 Å². The van der Waals surface area contributed by atoms with Gasteiger partial charge in [-0.3, -0.25) is 14.6 Å². The van der Waals surface area contributed by atoms with Crippen LogP contribution in [0.15, 0.2) is 65.7 Å². The lowest BCUT2D eigenvalue weighted by Crippen LogP contribution is -2.36. The second-order valence-electron chi connectivity index (χ2n) is 9.70. The molecule has 2 radical (unpaired) electrons. The molecule has 2 aliphatic rings. The lowest BCUT2D eigenvalue weighted by molar-refractivity contribution is -0.121. The smallest absolute Gasteiger partial charge is 0.233 e. The van der Waals surface area contributed by atoms with Crippen molar-refractivity contribution in [3.05, 3.63) is 77.9 Å². The van der Waals surface area contributed by atoms with Crippen LogP contribution < -0.4 is 20.7 Å². The first-order chi connectivity index (χ1) is 19.3. The van der Waals surface area contributed by atoms with Crippen LogP contribution in [-0.4, -0.2) is 59.6 Å². The van der Waals surface area contributed by atoms with Crippen molar-refractivity contribution < 1.29 is 18.7 Å². The molecule has 1 aromatic heterocycles. The maximum atomic E-state index is 15.0. The predicted octanol–water partition coefficient (Wildman–Crippen LogP) is 3.61. The summed E-state index contributed by atoms with van der Waals surface area (Å²) >= 11 is 6.57. The molecule has 3 N–H and O–H groups in total. The first-order valence-corrected chi connectivity index (χ1v) is 14.2. The minimum atomic E-state index is -0.614. The highest BCUT2D eigenvalue weighted by Gasteiger charge is 2.32. The SMILES string of the molecule is [B]N1CC[C@H](CNC(=O)C2Cc3nccc(Oc4ccc(NC(=S)NC(=O)Cc5ccccc5)cc4F)c3S2)C1. The van der Waals surface area contributed by atoms with Crippen molar-refractivity contribution >= 4 is 54.6 Å². The van der Waals surface area contributed by atoms with Crippen molar-refractivity contribution in [2.45, 2.75) is 29.4 Å². The average Bonchev–Trinajstić information content (AvgIpc) is 3.56. The zero-order valence-corrected chi connectivity index (χ0v) is 23.2. The number of ether oxygens (including phenoxy) is 1. The highest BCUT2D eigenvalue weighted by molar-refractivity contribution is 8.01. The monoisotopic (exact) mass is 575 g/mol. The molecule has 40 heavy (non-hydrogen) atoms. The number of benzene rings is 2. The summed E-state index contributed by atoms with van der Waals surface area (Å²) in [6, 6.07) is 15.3. The topological polar surface area (TPSA) is 95.6 Å². The molecule has 5 rings (SSSR count). The highest BCUT2D eigenvalue weighted by atomic mass is 32.2. The number of aromatic nitrogens is 1. The number of nitrogens with zero attached hydrogens (tertiary/aromatic N) is 2. The maximum Gasteiger partial charge on any atom is 0.233 e. The molecule has 8 nitrogen and oxygen atoms in total. The summed E-state index contributed by atoms with van der Waals surface area (Å²) in [7, 11) is 5.82. The fourth-order valence-electron chi connectivity index (χ4n) is 4.61. The second-order valence-corrected chi connectivity index (χ2v) is 11.3. The van der Waals surface area contributed by atoms with Crippen LogP contribution in [0.4, 0.5) is 10.1 Å². The van der Waals surface area contributed by atoms with E-state index in [4.69, 9.17) is 24.9 Å². The van der Waals surface area contributed by atoms with E-state index in [1.54, 1.807) is 23.1 Å². The fraction of sp³-hybridized carbons (Fsp3) is 0.286. The van der Waals surface area contributed by atoms with Crippen molar-refractivity contribution in [2.75, 3.05) is 25.0 Å². The Labute approximate surface area is 242 Å². The van der Waals surface area contributed by atoms with Gasteiger partial charge in [-0.15, -0.1) is 11.8 Å². The normalized spacial score (nSPS) is 18.1. The number of hydrogen-bond acceptors (Lipinski definition) is 7. The fourth-order valence-corrected chi connectivity index (χ4v) is 6.06. The van der Waals surface area contributed by atoms with Gasteiger partial charge in [0.05, 0.1) is 22.3 Å². The third kappa shape index (κ3) is 7.18. The van der Waals surface area contributed by atoms with Crippen LogP contribution in [0, 0.1) is 11.7 Å². The van der Waals surface area contributed by atoms with E-state index < -0.39 is 5.82 Å². The molecule has 0 aliphatic carbocycles. The van der Waals surface area contributed by atoms with Gasteiger partial charge in [0.1, 0.15) is 5.75 Å². The van der Waals surface area contributed by atoms with Gasteiger partial charge < -0.3 is 25.5 Å². The van der Waals surface area contributed by atoms with Gasteiger partial charge in [-0.05, 0) is 55.3 Å². The van der Waals surface area contributed by atoms with Crippen molar-refractivity contribution in [3.8, 4) is 11.5 Å². The summed E-state index contributed by atoms with van der Waals surface area (Å²) in [5.41, 5.74) is 1.96. The Hall–Kier alpha value is -3.48. The van der Waals surface area contributed by atoms with Gasteiger partial charge in [-0.1, -0.05) is 30.3 Å². The van der Waals surface area contributed by atoms with Crippen molar-refractivity contribution in [1.29, 1.82) is 0 Å². The van der Waals surface area contributed by atoms with Crippen LogP contribution in [0.5, 0.6) is 11.5 Å². The number of amides is 2. The second kappa shape index (κ2) is 12.8. The molecule has 3 aromatic rings. The van der Waals surface area contributed by atoms with Crippen LogP contribution in [0.25, 0.3) is 0 Å². The van der Waals surface area contributed by atoms with E-state index in [1.165, 1.54) is 23.9 Å². The van der Waals surface area contributed by atoms with Crippen LogP contribution in [0.2, 0.25) is 0 Å². The standard InChI is InChI=1S/C28H27BFN5O3S2/c29-35-11-9-18(16-35)15-32-27(37)24-14-21-26(40-24)23(8-10-31-21)38-22-7-6-19(13-20(22)30)33-28(39)34-25(36)12-17-4-2-1-3-5-17/h1-8,10,13,18,24H,9,11-12,14-16H2,(H,32,37)(H2,33,34,36,39)/t18-,24?/m1/s1. The lowest BCUT2D eigenvalue weighted by atomic mass is 10.1. The number of hydrogen-bond donors (Lipinski definition) is 3. The Kier molecular flexibility index (Phi) is 8.98. The average molecular weight is 576 g/mol. The van der Waals surface area contributed by atoms with Gasteiger partial charge in [0.2, 0.25) is 11.8 Å². The number of anilines is 1. The van der Waals surface area contributed by atoms with Crippen LogP contribution >= 0.6 is 24.0 Å². The van der Waals surface area contributed by atoms with Crippen LogP contribution in [0.3, 0.4) is 0 Å². The molecule has 12 heteroatoms. The van der Waals surface area contributed by atoms with E-state index in [0.717, 1.165) is 35.7 Å². The summed E-state index contributed by atoms with van der Waals surface area (Å²) in [6.07, 6.45) is 3.19. The molecule has 2 aromatic carbocycles. The number of halogens is 1. The Balaban J connectivity index is 1.16. The summed E-state index contributed by atoms with van der Waals surface area (Å²) in [5, 5.41) is 8.18. The third-order valence-electron chi connectivity index (χ3n) is 6.63. The predicted molar refractivity (Wildman–Crippen MR) is 157 cm³/mol. The molecule has 1 unspecified atom stereocenters. The molecular formula is C28H27BFN5O3S2. The minimum Gasteiger partial charge on any atom is -0.453 e. The molecule has 2 amide bonds. The van der Waals surface area contributed by atoms with E-state index >= 15 is 0 Å². The molecule has 0 bridgehead atoms. The first kappa shape index (κ1) is 28.1. The molecule has 0 saturated carbocycles. The molecule has 2 atom stereocenters. The van der Waals surface area contributed by atoms with Crippen LogP contribution in [0.1, 0.15) is 17.7 Å². The van der Waals surface area contributed by atoms with E-state index in [1.807, 2.05) is 30.3 Å². The zero-order chi connectivity index (χ0) is 28.1. The minimum absolute atomic E-state index is 0.0130. The first-order valence-electron chi connectivity index (χ1n) is 12.9. The number of thiocarbonyl (C=S) groups is 1. The molecule has 2 aliphatic heterocycles. The molecular weight excluding hydrogens is 548 g/mol. The zero-order valence-electron chi connectivity index (χ0n) is 21.6. The molecule has 3 heterocycles. The molecule has 1 fully saturated rings. The lowest BCUT2D eigenvalue weighted by Gasteiger charge is -2.14. The molecule has 1 saturated heterocycles. The van der Waals surface area contributed by atoms with Gasteiger partial charge in [0.15, 0.2) is 24.7 Å².